The van der Waals surface area contributed by atoms with Crippen molar-refractivity contribution < 1.29 is 34.2 Å². The molecule has 0 aliphatic carbocycles. The van der Waals surface area contributed by atoms with Gasteiger partial charge in [-0.25, -0.2) is 9.59 Å². The maximum atomic E-state index is 11.7. The van der Waals surface area contributed by atoms with Crippen LogP contribution in [-0.4, -0.2) is 77.0 Å². The smallest absolute Gasteiger partial charge is 0.359 e. The zero-order valence-corrected chi connectivity index (χ0v) is 13.8. The first kappa shape index (κ1) is 21.3. The number of carboxylic acid groups (broad SMARTS) is 2. The van der Waals surface area contributed by atoms with Crippen LogP contribution in [0.5, 0.6) is 0 Å². The summed E-state index contributed by atoms with van der Waals surface area (Å²) in [7, 11) is 0. The normalized spacial score (nSPS) is 11.2. The molecule has 0 unspecified atom stereocenters. The van der Waals surface area contributed by atoms with E-state index in [1.807, 2.05) is 0 Å². The van der Waals surface area contributed by atoms with Crippen molar-refractivity contribution in [1.82, 2.24) is 5.32 Å². The molecule has 1 amide bonds. The molecular weight excluding hydrogens is 304 g/mol. The van der Waals surface area contributed by atoms with Crippen molar-refractivity contribution in [3.8, 4) is 0 Å². The van der Waals surface area contributed by atoms with Gasteiger partial charge in [0.25, 0.3) is 0 Å². The predicted octanol–water partition coefficient (Wildman–Crippen LogP) is 0.0513. The number of nitrogens with one attached hydrogen (secondary N) is 1. The Morgan fingerprint density at radius 1 is 0.957 bits per heavy atom. The topological polar surface area (TPSA) is 124 Å². The lowest BCUT2D eigenvalue weighted by Crippen LogP contribution is -2.58. The van der Waals surface area contributed by atoms with E-state index in [2.05, 4.69) is 12.2 Å². The summed E-state index contributed by atoms with van der Waals surface area (Å²) in [5.74, 6) is -2.38. The zero-order chi connectivity index (χ0) is 17.7. The van der Waals surface area contributed by atoms with Crippen LogP contribution in [0.2, 0.25) is 0 Å². The second kappa shape index (κ2) is 11.8. The Hall–Kier alpha value is -1.67. The van der Waals surface area contributed by atoms with Crippen molar-refractivity contribution in [2.75, 3.05) is 39.3 Å². The molecule has 8 nitrogen and oxygen atoms in total. The lowest BCUT2D eigenvalue weighted by molar-refractivity contribution is -0.913. The van der Waals surface area contributed by atoms with Crippen molar-refractivity contribution in [1.29, 1.82) is 0 Å². The predicted molar refractivity (Wildman–Crippen MR) is 83.9 cm³/mol. The number of carbonyl (C=O) groups is 3. The van der Waals surface area contributed by atoms with Gasteiger partial charge >= 0.3 is 11.9 Å². The molecule has 0 bridgehead atoms. The molecule has 0 spiro atoms. The lowest BCUT2D eigenvalue weighted by atomic mass is 10.1. The van der Waals surface area contributed by atoms with Crippen molar-refractivity contribution in [2.24, 2.45) is 0 Å². The number of nitrogens with zero attached hydrogens (tertiary/aromatic N) is 1. The standard InChI is InChI=1S/C15H28N2O6/c1-2-3-4-5-6-13(19)16-7-8-17(9-10-18,11-14(20)21)12-15(22)23/h18H,2-12H2,1H3,(H2-,16,19,20,21,22,23)/p+1. The van der Waals surface area contributed by atoms with Gasteiger partial charge in [-0.2, -0.15) is 0 Å². The molecule has 0 heterocycles. The molecule has 0 saturated carbocycles. The van der Waals surface area contributed by atoms with Gasteiger partial charge in [0.15, 0.2) is 13.1 Å². The maximum absolute atomic E-state index is 11.7. The van der Waals surface area contributed by atoms with Gasteiger partial charge in [-0.3, -0.25) is 4.79 Å². The van der Waals surface area contributed by atoms with Crippen molar-refractivity contribution >= 4 is 17.8 Å². The van der Waals surface area contributed by atoms with Crippen LogP contribution in [0.4, 0.5) is 0 Å². The van der Waals surface area contributed by atoms with Crippen LogP contribution in [0.15, 0.2) is 0 Å². The van der Waals surface area contributed by atoms with E-state index >= 15 is 0 Å². The summed E-state index contributed by atoms with van der Waals surface area (Å²) >= 11 is 0. The fourth-order valence-corrected chi connectivity index (χ4v) is 2.50. The van der Waals surface area contributed by atoms with Crippen LogP contribution < -0.4 is 5.32 Å². The highest BCUT2D eigenvalue weighted by molar-refractivity contribution is 5.75. The average molecular weight is 333 g/mol. The highest BCUT2D eigenvalue weighted by Gasteiger charge is 2.32. The Balaban J connectivity index is 4.44. The molecule has 0 aromatic rings. The number of carbonyl (C=O) groups excluding carboxylic acids is 1. The van der Waals surface area contributed by atoms with Crippen molar-refractivity contribution in [2.45, 2.75) is 39.0 Å². The third-order valence-corrected chi connectivity index (χ3v) is 3.68. The van der Waals surface area contributed by atoms with E-state index in [4.69, 9.17) is 15.3 Å². The fourth-order valence-electron chi connectivity index (χ4n) is 2.50. The minimum atomic E-state index is -1.13. The van der Waals surface area contributed by atoms with Crippen molar-refractivity contribution in [3.05, 3.63) is 0 Å². The lowest BCUT2D eigenvalue weighted by Gasteiger charge is -2.35. The highest BCUT2D eigenvalue weighted by atomic mass is 16.4. The van der Waals surface area contributed by atoms with Crippen molar-refractivity contribution in [3.63, 3.8) is 0 Å². The zero-order valence-electron chi connectivity index (χ0n) is 13.8. The Morgan fingerprint density at radius 2 is 1.57 bits per heavy atom. The Morgan fingerprint density at radius 3 is 2.04 bits per heavy atom. The molecule has 0 atom stereocenters. The summed E-state index contributed by atoms with van der Waals surface area (Å²) in [6.45, 7) is 1.33. The molecule has 0 radical (unpaired) electrons. The van der Waals surface area contributed by atoms with Crippen LogP contribution in [0.1, 0.15) is 39.0 Å². The minimum Gasteiger partial charge on any atom is -0.477 e. The monoisotopic (exact) mass is 333 g/mol. The number of unbranched alkanes of at least 4 members (excludes halogenated alkanes) is 3. The summed E-state index contributed by atoms with van der Waals surface area (Å²) < 4.78 is -0.294. The van der Waals surface area contributed by atoms with E-state index in [0.717, 1.165) is 25.7 Å². The summed E-state index contributed by atoms with van der Waals surface area (Å²) in [6.07, 6.45) is 4.39. The Kier molecular flexibility index (Phi) is 11.0. The van der Waals surface area contributed by atoms with Crippen LogP contribution in [0.25, 0.3) is 0 Å². The number of amides is 1. The van der Waals surface area contributed by atoms with Crippen LogP contribution in [0, 0.1) is 0 Å². The summed E-state index contributed by atoms with van der Waals surface area (Å²) in [5, 5.41) is 29.8. The van der Waals surface area contributed by atoms with E-state index in [1.165, 1.54) is 0 Å². The molecule has 8 heteroatoms. The second-order valence-corrected chi connectivity index (χ2v) is 5.78. The number of hydrogen-bond acceptors (Lipinski definition) is 4. The number of hydrogen-bond donors (Lipinski definition) is 4. The molecule has 0 aromatic heterocycles. The van der Waals surface area contributed by atoms with E-state index < -0.39 is 25.0 Å². The molecule has 0 fully saturated rings. The van der Waals surface area contributed by atoms with Crippen LogP contribution in [-0.2, 0) is 14.4 Å². The number of aliphatic hydroxyl groups is 1. The minimum absolute atomic E-state index is 0.0188. The SMILES string of the molecule is CCCCCCC(=O)NCC[N+](CCO)(CC(=O)O)CC(=O)O. The molecule has 4 N–H and O–H groups in total. The number of aliphatic carboxylic acids is 2. The molecular formula is C15H29N2O6+. The highest BCUT2D eigenvalue weighted by Crippen LogP contribution is 2.07. The van der Waals surface area contributed by atoms with Gasteiger partial charge in [0.2, 0.25) is 5.91 Å². The van der Waals surface area contributed by atoms with Crippen LogP contribution >= 0.6 is 0 Å². The molecule has 0 aliphatic heterocycles. The number of aliphatic hydroxyl groups excluding tert-OH is 1. The number of rotatable bonds is 14. The first-order chi connectivity index (χ1) is 10.8. The molecule has 0 saturated heterocycles. The van der Waals surface area contributed by atoms with E-state index in [0.29, 0.717) is 6.42 Å². The van der Waals surface area contributed by atoms with E-state index in [1.54, 1.807) is 0 Å². The number of quaternary nitrogens is 1. The van der Waals surface area contributed by atoms with Gasteiger partial charge in [0, 0.05) is 6.42 Å². The summed E-state index contributed by atoms with van der Waals surface area (Å²) in [6, 6.07) is 0. The first-order valence-electron chi connectivity index (χ1n) is 8.01. The molecule has 134 valence electrons. The molecule has 23 heavy (non-hydrogen) atoms. The second-order valence-electron chi connectivity index (χ2n) is 5.78. The quantitative estimate of drug-likeness (QED) is 0.263. The van der Waals surface area contributed by atoms with E-state index in [9.17, 15) is 14.4 Å². The van der Waals surface area contributed by atoms with Gasteiger partial charge < -0.3 is 25.1 Å². The van der Waals surface area contributed by atoms with E-state index in [-0.39, 0.29) is 36.6 Å². The molecule has 0 rings (SSSR count). The largest absolute Gasteiger partial charge is 0.477 e. The van der Waals surface area contributed by atoms with Crippen LogP contribution in [0.3, 0.4) is 0 Å². The summed E-state index contributed by atoms with van der Waals surface area (Å²) in [4.78, 5) is 33.7. The van der Waals surface area contributed by atoms with Gasteiger partial charge in [-0.15, -0.1) is 0 Å². The average Bonchev–Trinajstić information content (AvgIpc) is 2.42. The first-order valence-corrected chi connectivity index (χ1v) is 8.01. The molecule has 0 aromatic carbocycles. The Labute approximate surface area is 136 Å². The third-order valence-electron chi connectivity index (χ3n) is 3.68. The maximum Gasteiger partial charge on any atom is 0.359 e. The van der Waals surface area contributed by atoms with Gasteiger partial charge in [0.1, 0.15) is 6.54 Å². The number of carboxylic acids is 2. The fraction of sp³-hybridized carbons (Fsp3) is 0.800. The van der Waals surface area contributed by atoms with Gasteiger partial charge in [-0.1, -0.05) is 26.2 Å². The third kappa shape index (κ3) is 10.6. The van der Waals surface area contributed by atoms with Gasteiger partial charge in [0.05, 0.1) is 19.7 Å². The molecule has 0 aliphatic rings. The Bertz CT molecular complexity index is 370. The summed E-state index contributed by atoms with van der Waals surface area (Å²) in [5.41, 5.74) is 0. The van der Waals surface area contributed by atoms with Gasteiger partial charge in [-0.05, 0) is 6.42 Å².